The Morgan fingerprint density at radius 3 is 1.34 bits per heavy atom. The summed E-state index contributed by atoms with van der Waals surface area (Å²) in [6.45, 7) is 0.653. The third-order valence-corrected chi connectivity index (χ3v) is 4.34. The van der Waals surface area contributed by atoms with Crippen LogP contribution in [0.25, 0.3) is 0 Å². The Morgan fingerprint density at radius 1 is 0.724 bits per heavy atom. The van der Waals surface area contributed by atoms with Crippen LogP contribution in [0.4, 0.5) is 11.4 Å². The van der Waals surface area contributed by atoms with Gasteiger partial charge in [-0.3, -0.25) is 20.2 Å². The number of nitro groups is 2. The van der Waals surface area contributed by atoms with E-state index in [1.807, 2.05) is 0 Å². The molecule has 0 aliphatic heterocycles. The van der Waals surface area contributed by atoms with Gasteiger partial charge in [-0.15, -0.1) is 0 Å². The molecule has 0 heterocycles. The molecule has 2 aromatic carbocycles. The second-order valence-electron chi connectivity index (χ2n) is 5.62. The van der Waals surface area contributed by atoms with Gasteiger partial charge in [-0.05, 0) is 24.3 Å². The maximum Gasteiger partial charge on any atom is 0.269 e. The van der Waals surface area contributed by atoms with Gasteiger partial charge in [-0.1, -0.05) is 31.9 Å². The van der Waals surface area contributed by atoms with Crippen molar-refractivity contribution in [2.45, 2.75) is 12.6 Å². The van der Waals surface area contributed by atoms with E-state index < -0.39 is 22.4 Å². The maximum atomic E-state index is 10.9. The summed E-state index contributed by atoms with van der Waals surface area (Å²) < 4.78 is 17.5. The van der Waals surface area contributed by atoms with Crippen LogP contribution in [-0.4, -0.2) is 33.7 Å². The lowest BCUT2D eigenvalue weighted by atomic mass is 10.2. The number of ether oxygens (including phenoxy) is 3. The van der Waals surface area contributed by atoms with Crippen molar-refractivity contribution in [3.05, 3.63) is 79.9 Å². The molecule has 9 nitrogen and oxygen atoms in total. The van der Waals surface area contributed by atoms with Crippen LogP contribution in [-0.2, 0) is 14.2 Å². The van der Waals surface area contributed by atoms with Gasteiger partial charge >= 0.3 is 0 Å². The Balaban J connectivity index is 2.26. The zero-order valence-electron chi connectivity index (χ0n) is 15.1. The van der Waals surface area contributed by atoms with Crippen molar-refractivity contribution in [2.75, 3.05) is 23.9 Å². The fourth-order valence-corrected chi connectivity index (χ4v) is 2.72. The molecule has 0 saturated heterocycles. The minimum Gasteiger partial charge on any atom is -0.347 e. The molecule has 0 N–H and O–H groups in total. The lowest BCUT2D eigenvalue weighted by Crippen LogP contribution is -2.17. The SMILES string of the molecule is O=[N+]([O-])c1ccc(C(OCCBr)OC(OCCBr)c2ccc([N+](=O)[O-])cc2)cc1. The van der Waals surface area contributed by atoms with Crippen molar-refractivity contribution in [3.63, 3.8) is 0 Å². The third-order valence-electron chi connectivity index (χ3n) is 3.69. The Bertz CT molecular complexity index is 735. The normalized spacial score (nSPS) is 13.0. The second-order valence-corrected chi connectivity index (χ2v) is 7.20. The van der Waals surface area contributed by atoms with E-state index in [0.29, 0.717) is 35.0 Å². The highest BCUT2D eigenvalue weighted by molar-refractivity contribution is 9.09. The highest BCUT2D eigenvalue weighted by Crippen LogP contribution is 2.31. The van der Waals surface area contributed by atoms with Gasteiger partial charge in [0.2, 0.25) is 0 Å². The molecule has 0 fully saturated rings. The number of alkyl halides is 2. The summed E-state index contributed by atoms with van der Waals surface area (Å²) in [6, 6.07) is 11.7. The molecule has 0 bridgehead atoms. The van der Waals surface area contributed by atoms with Gasteiger partial charge < -0.3 is 14.2 Å². The quantitative estimate of drug-likeness (QED) is 0.162. The molecule has 0 radical (unpaired) electrons. The van der Waals surface area contributed by atoms with Gasteiger partial charge in [0.15, 0.2) is 12.6 Å². The highest BCUT2D eigenvalue weighted by Gasteiger charge is 2.22. The highest BCUT2D eigenvalue weighted by atomic mass is 79.9. The minimum atomic E-state index is -0.858. The summed E-state index contributed by atoms with van der Waals surface area (Å²) in [5, 5.41) is 22.9. The molecule has 2 atom stereocenters. The second kappa shape index (κ2) is 11.9. The summed E-state index contributed by atoms with van der Waals surface area (Å²) in [5.41, 5.74) is 1.06. The Labute approximate surface area is 183 Å². The monoisotopic (exact) mass is 532 g/mol. The first-order chi connectivity index (χ1) is 14.0. The third kappa shape index (κ3) is 7.12. The molecule has 2 unspecified atom stereocenters. The molecule has 29 heavy (non-hydrogen) atoms. The number of hydrogen-bond acceptors (Lipinski definition) is 7. The average molecular weight is 534 g/mol. The summed E-state index contributed by atoms with van der Waals surface area (Å²) in [6.07, 6.45) is -1.72. The van der Waals surface area contributed by atoms with Crippen LogP contribution >= 0.6 is 31.9 Å². The van der Waals surface area contributed by atoms with Crippen LogP contribution in [0, 0.1) is 20.2 Å². The number of halogens is 2. The van der Waals surface area contributed by atoms with E-state index in [2.05, 4.69) is 31.9 Å². The van der Waals surface area contributed by atoms with Crippen LogP contribution in [0.5, 0.6) is 0 Å². The van der Waals surface area contributed by atoms with Crippen molar-refractivity contribution in [3.8, 4) is 0 Å². The molecular formula is C18H18Br2N2O7. The van der Waals surface area contributed by atoms with Crippen molar-refractivity contribution in [1.29, 1.82) is 0 Å². The molecule has 0 aliphatic rings. The Kier molecular flexibility index (Phi) is 9.61. The minimum absolute atomic E-state index is 0.0459. The number of rotatable bonds is 12. The van der Waals surface area contributed by atoms with Gasteiger partial charge in [-0.25, -0.2) is 0 Å². The smallest absolute Gasteiger partial charge is 0.269 e. The number of nitro benzene ring substituents is 2. The van der Waals surface area contributed by atoms with E-state index in [1.165, 1.54) is 24.3 Å². The Morgan fingerprint density at radius 2 is 1.07 bits per heavy atom. The van der Waals surface area contributed by atoms with E-state index >= 15 is 0 Å². The fraction of sp³-hybridized carbons (Fsp3) is 0.333. The van der Waals surface area contributed by atoms with Gasteiger partial charge in [0, 0.05) is 46.1 Å². The first-order valence-corrected chi connectivity index (χ1v) is 10.7. The van der Waals surface area contributed by atoms with Crippen LogP contribution in [0.3, 0.4) is 0 Å². The van der Waals surface area contributed by atoms with Crippen LogP contribution in [0.15, 0.2) is 48.5 Å². The van der Waals surface area contributed by atoms with Crippen molar-refractivity contribution in [1.82, 2.24) is 0 Å². The number of non-ortho nitro benzene ring substituents is 2. The predicted octanol–water partition coefficient (Wildman–Crippen LogP) is 5.04. The number of benzene rings is 2. The molecule has 0 saturated carbocycles. The van der Waals surface area contributed by atoms with Crippen molar-refractivity contribution < 1.29 is 24.1 Å². The van der Waals surface area contributed by atoms with E-state index in [1.54, 1.807) is 24.3 Å². The zero-order valence-corrected chi connectivity index (χ0v) is 18.3. The summed E-state index contributed by atoms with van der Waals surface area (Å²) >= 11 is 6.57. The van der Waals surface area contributed by atoms with Crippen LogP contribution in [0.2, 0.25) is 0 Å². The van der Waals surface area contributed by atoms with Gasteiger partial charge in [0.05, 0.1) is 23.1 Å². The molecule has 0 spiro atoms. The molecule has 11 heteroatoms. The predicted molar refractivity (Wildman–Crippen MR) is 112 cm³/mol. The molecule has 0 aromatic heterocycles. The molecule has 2 rings (SSSR count). The van der Waals surface area contributed by atoms with Crippen LogP contribution in [0.1, 0.15) is 23.7 Å². The van der Waals surface area contributed by atoms with E-state index in [4.69, 9.17) is 14.2 Å². The summed E-state index contributed by atoms with van der Waals surface area (Å²) in [7, 11) is 0. The van der Waals surface area contributed by atoms with Crippen molar-refractivity contribution >= 4 is 43.2 Å². The Hall–Kier alpha value is -1.92. The van der Waals surface area contributed by atoms with Gasteiger partial charge in [-0.2, -0.15) is 0 Å². The summed E-state index contributed by atoms with van der Waals surface area (Å²) in [5.74, 6) is 0. The largest absolute Gasteiger partial charge is 0.347 e. The van der Waals surface area contributed by atoms with E-state index in [-0.39, 0.29) is 11.4 Å². The zero-order chi connectivity index (χ0) is 21.2. The van der Waals surface area contributed by atoms with Gasteiger partial charge in [0.25, 0.3) is 11.4 Å². The standard InChI is InChI=1S/C18H18Br2N2O7/c19-9-11-27-17(13-1-5-15(6-2-13)21(23)24)29-18(28-12-10-20)14-3-7-16(8-4-14)22(25)26/h1-8,17-18H,9-12H2. The van der Waals surface area contributed by atoms with Crippen LogP contribution < -0.4 is 0 Å². The van der Waals surface area contributed by atoms with Gasteiger partial charge in [0.1, 0.15) is 0 Å². The van der Waals surface area contributed by atoms with E-state index in [0.717, 1.165) is 0 Å². The van der Waals surface area contributed by atoms with E-state index in [9.17, 15) is 20.2 Å². The molecule has 156 valence electrons. The maximum absolute atomic E-state index is 10.9. The van der Waals surface area contributed by atoms with Crippen molar-refractivity contribution in [2.24, 2.45) is 0 Å². The molecule has 0 amide bonds. The fourth-order valence-electron chi connectivity index (χ4n) is 2.35. The molecule has 0 aliphatic carbocycles. The number of hydrogen-bond donors (Lipinski definition) is 0. The number of nitrogens with zero attached hydrogens (tertiary/aromatic N) is 2. The lowest BCUT2D eigenvalue weighted by molar-refractivity contribution is -0.385. The topological polar surface area (TPSA) is 114 Å². The summed E-state index contributed by atoms with van der Waals surface area (Å²) in [4.78, 5) is 20.8. The average Bonchev–Trinajstić information content (AvgIpc) is 2.73. The first kappa shape index (κ1) is 23.4. The molecule has 2 aromatic rings. The molecular weight excluding hydrogens is 516 g/mol. The first-order valence-electron chi connectivity index (χ1n) is 8.45. The lowest BCUT2D eigenvalue weighted by Gasteiger charge is -2.25.